The summed E-state index contributed by atoms with van der Waals surface area (Å²) in [5, 5.41) is 18.6. The second-order valence-corrected chi connectivity index (χ2v) is 11.8. The number of carbonyl (C=O) groups is 4. The van der Waals surface area contributed by atoms with Gasteiger partial charge in [0, 0.05) is 17.8 Å². The summed E-state index contributed by atoms with van der Waals surface area (Å²) in [7, 11) is 0. The first-order chi connectivity index (χ1) is 15.8. The Hall–Kier alpha value is -1.98. The van der Waals surface area contributed by atoms with E-state index in [1.54, 1.807) is 27.7 Å². The molecule has 2 fully saturated rings. The van der Waals surface area contributed by atoms with Crippen LogP contribution in [0.25, 0.3) is 0 Å². The van der Waals surface area contributed by atoms with Crippen molar-refractivity contribution in [2.75, 3.05) is 0 Å². The molecule has 2 aliphatic rings. The van der Waals surface area contributed by atoms with Gasteiger partial charge in [0.15, 0.2) is 5.78 Å². The minimum atomic E-state index is -0.802. The molecule has 2 saturated carbocycles. The molecule has 0 radical (unpaired) electrons. The third-order valence-electron chi connectivity index (χ3n) is 8.11. The van der Waals surface area contributed by atoms with Crippen LogP contribution < -0.4 is 0 Å². The third kappa shape index (κ3) is 7.78. The fraction of sp³-hybridized carbons (Fsp3) is 0.786. The molecule has 2 aliphatic carbocycles. The topological polar surface area (TPSA) is 109 Å². The fourth-order valence-corrected chi connectivity index (χ4v) is 5.36. The molecule has 34 heavy (non-hydrogen) atoms. The summed E-state index contributed by atoms with van der Waals surface area (Å²) >= 11 is 0. The van der Waals surface area contributed by atoms with Crippen LogP contribution in [0.4, 0.5) is 0 Å². The highest BCUT2D eigenvalue weighted by Gasteiger charge is 2.33. The zero-order valence-electron chi connectivity index (χ0n) is 21.5. The molecule has 0 bridgehead atoms. The second-order valence-electron chi connectivity index (χ2n) is 11.8. The highest BCUT2D eigenvalue weighted by Crippen LogP contribution is 2.35. The van der Waals surface area contributed by atoms with Crippen molar-refractivity contribution in [2.24, 2.45) is 28.6 Å². The minimum absolute atomic E-state index is 0.00846. The van der Waals surface area contributed by atoms with E-state index >= 15 is 0 Å². The van der Waals surface area contributed by atoms with E-state index in [0.29, 0.717) is 19.3 Å². The van der Waals surface area contributed by atoms with Crippen LogP contribution in [0, 0.1) is 28.6 Å². The summed E-state index contributed by atoms with van der Waals surface area (Å²) in [6, 6.07) is 0. The van der Waals surface area contributed by atoms with Gasteiger partial charge in [-0.1, -0.05) is 25.3 Å². The maximum atomic E-state index is 13.0. The molecular weight excluding hydrogens is 432 g/mol. The van der Waals surface area contributed by atoms with E-state index in [-0.39, 0.29) is 29.3 Å². The van der Waals surface area contributed by atoms with Gasteiger partial charge >= 0.3 is 11.9 Å². The molecule has 2 rings (SSSR count). The first-order valence-electron chi connectivity index (χ1n) is 13.1. The Morgan fingerprint density at radius 1 is 0.824 bits per heavy atom. The maximum absolute atomic E-state index is 13.0. The molecule has 3 unspecified atom stereocenters. The number of carboxylic acids is 2. The molecule has 0 aromatic heterocycles. The largest absolute Gasteiger partial charge is 0.481 e. The van der Waals surface area contributed by atoms with Crippen LogP contribution in [0.1, 0.15) is 111 Å². The molecule has 6 heteroatoms. The van der Waals surface area contributed by atoms with E-state index in [9.17, 15) is 29.4 Å². The van der Waals surface area contributed by atoms with Crippen LogP contribution in [-0.4, -0.2) is 33.7 Å². The second kappa shape index (κ2) is 12.1. The van der Waals surface area contributed by atoms with Crippen molar-refractivity contribution in [3.63, 3.8) is 0 Å². The SMILES string of the molecule is CC(C)(CCCC1CCCC(=CCC2CCCC(CCCC(C)(C)C(=O)O)C2=O)C1=O)C(=O)O. The molecule has 3 atom stereocenters. The fourth-order valence-electron chi connectivity index (χ4n) is 5.36. The monoisotopic (exact) mass is 476 g/mol. The molecule has 6 nitrogen and oxygen atoms in total. The molecule has 0 spiro atoms. The van der Waals surface area contributed by atoms with Gasteiger partial charge in [0.1, 0.15) is 5.78 Å². The van der Waals surface area contributed by atoms with Gasteiger partial charge in [-0.15, -0.1) is 0 Å². The number of allylic oxidation sites excluding steroid dienone is 2. The molecule has 2 N–H and O–H groups in total. The quantitative estimate of drug-likeness (QED) is 0.324. The average Bonchev–Trinajstić information content (AvgIpc) is 2.75. The summed E-state index contributed by atoms with van der Waals surface area (Å²) < 4.78 is 0. The molecule has 192 valence electrons. The van der Waals surface area contributed by atoms with E-state index < -0.39 is 22.8 Å². The standard InChI is InChI=1S/C28H44O6/c1-27(2,25(31)32)17-7-13-19-9-5-11-21(23(19)29)15-16-22-12-6-10-20(24(22)30)14-8-18-28(3,4)26(33)34/h15,19-20,22H,5-14,16-18H2,1-4H3,(H,31,32)(H,33,34). The summed E-state index contributed by atoms with van der Waals surface area (Å²) in [5.74, 6) is -1.19. The zero-order valence-corrected chi connectivity index (χ0v) is 21.5. The Bertz CT molecular complexity index is 791. The smallest absolute Gasteiger partial charge is 0.309 e. The van der Waals surface area contributed by atoms with Gasteiger partial charge in [0.25, 0.3) is 0 Å². The number of hydrogen-bond donors (Lipinski definition) is 2. The van der Waals surface area contributed by atoms with Gasteiger partial charge in [0.2, 0.25) is 0 Å². The Morgan fingerprint density at radius 3 is 1.88 bits per heavy atom. The first-order valence-corrected chi connectivity index (χ1v) is 13.1. The van der Waals surface area contributed by atoms with E-state index in [0.717, 1.165) is 69.8 Å². The molecule has 0 aliphatic heterocycles. The van der Waals surface area contributed by atoms with Crippen LogP contribution in [0.5, 0.6) is 0 Å². The Kier molecular flexibility index (Phi) is 10.1. The van der Waals surface area contributed by atoms with Gasteiger partial charge in [-0.2, -0.15) is 0 Å². The van der Waals surface area contributed by atoms with E-state index in [1.807, 2.05) is 6.08 Å². The summed E-state index contributed by atoms with van der Waals surface area (Å²) in [4.78, 5) is 48.7. The van der Waals surface area contributed by atoms with E-state index in [4.69, 9.17) is 0 Å². The van der Waals surface area contributed by atoms with Gasteiger partial charge < -0.3 is 10.2 Å². The number of carboxylic acid groups (broad SMARTS) is 2. The highest BCUT2D eigenvalue weighted by molar-refractivity contribution is 5.98. The van der Waals surface area contributed by atoms with E-state index in [1.165, 1.54) is 0 Å². The molecule has 0 amide bonds. The van der Waals surface area contributed by atoms with Crippen molar-refractivity contribution in [3.8, 4) is 0 Å². The first kappa shape index (κ1) is 28.3. The molecule has 0 aromatic carbocycles. The molecular formula is C28H44O6. The number of hydrogen-bond acceptors (Lipinski definition) is 4. The van der Waals surface area contributed by atoms with Crippen molar-refractivity contribution >= 4 is 23.5 Å². The lowest BCUT2D eigenvalue weighted by Gasteiger charge is -2.29. The average molecular weight is 477 g/mol. The van der Waals surface area contributed by atoms with Crippen molar-refractivity contribution in [1.82, 2.24) is 0 Å². The van der Waals surface area contributed by atoms with Gasteiger partial charge in [-0.25, -0.2) is 0 Å². The van der Waals surface area contributed by atoms with Crippen molar-refractivity contribution in [3.05, 3.63) is 11.6 Å². The van der Waals surface area contributed by atoms with Crippen molar-refractivity contribution < 1.29 is 29.4 Å². The lowest BCUT2D eigenvalue weighted by atomic mass is 9.74. The number of aliphatic carboxylic acids is 2. The Labute approximate surface area is 204 Å². The normalized spacial score (nSPS) is 25.5. The lowest BCUT2D eigenvalue weighted by Crippen LogP contribution is -2.29. The van der Waals surface area contributed by atoms with Gasteiger partial charge in [-0.3, -0.25) is 19.2 Å². The Balaban J connectivity index is 1.87. The highest BCUT2D eigenvalue weighted by atomic mass is 16.4. The lowest BCUT2D eigenvalue weighted by molar-refractivity contribution is -0.148. The summed E-state index contributed by atoms with van der Waals surface area (Å²) in [6.45, 7) is 6.92. The zero-order chi connectivity index (χ0) is 25.5. The minimum Gasteiger partial charge on any atom is -0.481 e. The number of Topliss-reactive ketones (excluding diaryl/α,β-unsaturated/α-hetero) is 2. The van der Waals surface area contributed by atoms with Gasteiger partial charge in [-0.05, 0) is 97.5 Å². The Morgan fingerprint density at radius 2 is 1.32 bits per heavy atom. The number of rotatable bonds is 12. The van der Waals surface area contributed by atoms with Gasteiger partial charge in [0.05, 0.1) is 10.8 Å². The number of ketones is 2. The van der Waals surface area contributed by atoms with Crippen LogP contribution >= 0.6 is 0 Å². The molecule has 0 saturated heterocycles. The van der Waals surface area contributed by atoms with Crippen molar-refractivity contribution in [2.45, 2.75) is 111 Å². The third-order valence-corrected chi connectivity index (χ3v) is 8.11. The van der Waals surface area contributed by atoms with Crippen molar-refractivity contribution in [1.29, 1.82) is 0 Å². The molecule has 0 aromatic rings. The van der Waals surface area contributed by atoms with Crippen LogP contribution in [-0.2, 0) is 19.2 Å². The predicted molar refractivity (Wildman–Crippen MR) is 131 cm³/mol. The maximum Gasteiger partial charge on any atom is 0.309 e. The van der Waals surface area contributed by atoms with E-state index in [2.05, 4.69) is 0 Å². The summed E-state index contributed by atoms with van der Waals surface area (Å²) in [5.41, 5.74) is -0.674. The van der Waals surface area contributed by atoms with Crippen LogP contribution in [0.15, 0.2) is 11.6 Å². The summed E-state index contributed by atoms with van der Waals surface area (Å²) in [6.07, 6.45) is 12.0. The number of carbonyl (C=O) groups excluding carboxylic acids is 2. The van der Waals surface area contributed by atoms with Crippen LogP contribution in [0.2, 0.25) is 0 Å². The van der Waals surface area contributed by atoms with Crippen LogP contribution in [0.3, 0.4) is 0 Å². The molecule has 0 heterocycles. The predicted octanol–water partition coefficient (Wildman–Crippen LogP) is 6.22.